The lowest BCUT2D eigenvalue weighted by atomic mass is 9.72. The maximum Gasteiger partial charge on any atom is 0.202 e. The molecule has 1 fully saturated rings. The number of aromatic hydroxyl groups is 2. The predicted octanol–water partition coefficient (Wildman–Crippen LogP) is 0.477. The third-order valence-corrected chi connectivity index (χ3v) is 8.26. The lowest BCUT2D eigenvalue weighted by Crippen LogP contribution is -2.53. The zero-order valence-electron chi connectivity index (χ0n) is 21.6. The molecule has 3 aliphatic rings. The van der Waals surface area contributed by atoms with Gasteiger partial charge in [-0.15, -0.1) is 0 Å². The third kappa shape index (κ3) is 4.29. The van der Waals surface area contributed by atoms with Crippen molar-refractivity contribution in [3.63, 3.8) is 0 Å². The molecule has 1 aliphatic heterocycles. The van der Waals surface area contributed by atoms with E-state index < -0.39 is 95.7 Å². The van der Waals surface area contributed by atoms with Crippen molar-refractivity contribution in [2.75, 3.05) is 13.7 Å². The fourth-order valence-corrected chi connectivity index (χ4v) is 6.10. The summed E-state index contributed by atoms with van der Waals surface area (Å²) in [6, 6.07) is 3.81. The van der Waals surface area contributed by atoms with Crippen molar-refractivity contribution in [3.8, 4) is 17.2 Å². The predicted molar refractivity (Wildman–Crippen MR) is 140 cm³/mol. The number of carbonyl (C=O) groups is 3. The summed E-state index contributed by atoms with van der Waals surface area (Å²) < 4.78 is 19.8. The quantitative estimate of drug-likeness (QED) is 0.159. The molecule has 2 aromatic carbocycles. The number of thiol groups is 1. The number of fused-ring (bicyclic) bond motifs is 3. The van der Waals surface area contributed by atoms with Crippen LogP contribution in [0.2, 0.25) is 0 Å². The van der Waals surface area contributed by atoms with Crippen LogP contribution < -0.4 is 9.46 Å². The number of aliphatic hydroxyl groups excluding tert-OH is 2. The molecule has 214 valence electrons. The van der Waals surface area contributed by atoms with E-state index in [-0.39, 0.29) is 34.4 Å². The van der Waals surface area contributed by atoms with Gasteiger partial charge in [0.1, 0.15) is 29.5 Å². The van der Waals surface area contributed by atoms with E-state index in [1.807, 2.05) is 0 Å². The molecule has 6 atom stereocenters. The maximum absolute atomic E-state index is 13.7. The molecule has 0 radical (unpaired) electrons. The van der Waals surface area contributed by atoms with Gasteiger partial charge in [0.2, 0.25) is 5.78 Å². The van der Waals surface area contributed by atoms with Gasteiger partial charge in [0, 0.05) is 36.0 Å². The highest BCUT2D eigenvalue weighted by Gasteiger charge is 2.50. The van der Waals surface area contributed by atoms with Gasteiger partial charge >= 0.3 is 0 Å². The summed E-state index contributed by atoms with van der Waals surface area (Å²) in [6.07, 6.45) is -4.97. The van der Waals surface area contributed by atoms with Gasteiger partial charge in [0.25, 0.3) is 0 Å². The van der Waals surface area contributed by atoms with Gasteiger partial charge in [-0.25, -0.2) is 0 Å². The zero-order chi connectivity index (χ0) is 29.1. The average molecular weight is 576 g/mol. The van der Waals surface area contributed by atoms with Crippen molar-refractivity contribution in [1.82, 2.24) is 4.72 Å². The van der Waals surface area contributed by atoms with Crippen LogP contribution in [-0.4, -0.2) is 86.7 Å². The first-order chi connectivity index (χ1) is 19.0. The van der Waals surface area contributed by atoms with E-state index in [0.29, 0.717) is 0 Å². The van der Waals surface area contributed by atoms with Crippen LogP contribution in [0.25, 0.3) is 0 Å². The molecule has 5 rings (SSSR count). The Hall–Kier alpha value is -3.04. The second kappa shape index (κ2) is 10.4. The zero-order valence-corrected chi connectivity index (χ0v) is 22.5. The lowest BCUT2D eigenvalue weighted by Gasteiger charge is -2.42. The van der Waals surface area contributed by atoms with Crippen molar-refractivity contribution < 1.29 is 54.1 Å². The van der Waals surface area contributed by atoms with Crippen LogP contribution in [0, 0.1) is 0 Å². The van der Waals surface area contributed by atoms with Crippen LogP contribution in [0.15, 0.2) is 18.2 Å². The van der Waals surface area contributed by atoms with Crippen molar-refractivity contribution in [2.45, 2.75) is 62.4 Å². The Bertz CT molecular complexity index is 1410. The normalized spacial score (nSPS) is 29.4. The first-order valence-corrected chi connectivity index (χ1v) is 13.0. The van der Waals surface area contributed by atoms with Crippen LogP contribution in [0.5, 0.6) is 17.2 Å². The van der Waals surface area contributed by atoms with Crippen LogP contribution in [-0.2, 0) is 20.7 Å². The number of nitrogens with one attached hydrogen (secondary N) is 1. The third-order valence-electron chi connectivity index (χ3n) is 7.93. The van der Waals surface area contributed by atoms with Gasteiger partial charge in [-0.3, -0.25) is 19.1 Å². The topological polar surface area (TPSA) is 192 Å². The number of Topliss-reactive ketones (excluding diaryl/α,β-unsaturated/α-hetero) is 1. The first kappa shape index (κ1) is 28.5. The van der Waals surface area contributed by atoms with Gasteiger partial charge in [0.15, 0.2) is 17.9 Å². The molecule has 1 saturated heterocycles. The number of rotatable bonds is 6. The minimum absolute atomic E-state index is 0.0507. The minimum atomic E-state index is -2.24. The molecule has 0 spiro atoms. The van der Waals surface area contributed by atoms with Gasteiger partial charge < -0.3 is 39.7 Å². The van der Waals surface area contributed by atoms with Crippen LogP contribution in [0.1, 0.15) is 68.8 Å². The average Bonchev–Trinajstić information content (AvgIpc) is 2.94. The van der Waals surface area contributed by atoms with E-state index in [2.05, 4.69) is 17.5 Å². The second-order valence-electron chi connectivity index (χ2n) is 10.2. The highest BCUT2D eigenvalue weighted by Crippen LogP contribution is 2.52. The van der Waals surface area contributed by atoms with Crippen LogP contribution in [0.4, 0.5) is 0 Å². The molecule has 6 N–H and O–H groups in total. The number of ketones is 3. The number of phenolic OH excluding ortho intramolecular Hbond substituents is 2. The standard InChI is InChI=1S/C27H29NO11S/c1-10-22(31)13(28-40)6-17(38-10)39-15-8-27(36,16(30)9-29)7-12-19(15)26(35)21-20(24(12)33)23(32)11-4-3-5-14(37-2)18(11)25(21)34/h3-5,10,13,15,17,22,28-29,31,33,35-36,40H,6-9H2,1-2H3/t10-,13-,15-,17?,22+,27-/m0/s1. The Kier molecular flexibility index (Phi) is 7.42. The number of carbonyl (C=O) groups excluding carboxylic acids is 3. The molecule has 12 nitrogen and oxygen atoms in total. The molecule has 0 aromatic heterocycles. The van der Waals surface area contributed by atoms with E-state index in [1.165, 1.54) is 25.3 Å². The summed E-state index contributed by atoms with van der Waals surface area (Å²) in [4.78, 5) is 39.9. The molecule has 40 heavy (non-hydrogen) atoms. The number of hydrogen-bond acceptors (Lipinski definition) is 13. The number of hydrogen-bond donors (Lipinski definition) is 7. The fraction of sp³-hybridized carbons (Fsp3) is 0.444. The van der Waals surface area contributed by atoms with Gasteiger partial charge in [0.05, 0.1) is 48.2 Å². The molecule has 13 heteroatoms. The molecule has 2 aliphatic carbocycles. The lowest BCUT2D eigenvalue weighted by molar-refractivity contribution is -0.248. The molecule has 1 heterocycles. The van der Waals surface area contributed by atoms with Crippen LogP contribution >= 0.6 is 12.8 Å². The Morgan fingerprint density at radius 1 is 1.18 bits per heavy atom. The van der Waals surface area contributed by atoms with E-state index in [9.17, 15) is 39.9 Å². The Labute approximate surface area is 234 Å². The fourth-order valence-electron chi connectivity index (χ4n) is 5.84. The second-order valence-corrected chi connectivity index (χ2v) is 10.5. The summed E-state index contributed by atoms with van der Waals surface area (Å²) in [7, 11) is 1.32. The molecule has 0 amide bonds. The molecule has 1 unspecified atom stereocenters. The monoisotopic (exact) mass is 575 g/mol. The highest BCUT2D eigenvalue weighted by atomic mass is 32.1. The van der Waals surface area contributed by atoms with Gasteiger partial charge in [-0.05, 0) is 13.0 Å². The number of ether oxygens (including phenoxy) is 3. The smallest absolute Gasteiger partial charge is 0.202 e. The Balaban J connectivity index is 1.68. The van der Waals surface area contributed by atoms with Crippen molar-refractivity contribution in [1.29, 1.82) is 0 Å². The summed E-state index contributed by atoms with van der Waals surface area (Å²) >= 11 is 4.04. The minimum Gasteiger partial charge on any atom is -0.507 e. The molecule has 0 bridgehead atoms. The van der Waals surface area contributed by atoms with E-state index in [4.69, 9.17) is 14.2 Å². The highest BCUT2D eigenvalue weighted by molar-refractivity contribution is 7.78. The van der Waals surface area contributed by atoms with Crippen LogP contribution in [0.3, 0.4) is 0 Å². The van der Waals surface area contributed by atoms with E-state index in [0.717, 1.165) is 0 Å². The van der Waals surface area contributed by atoms with E-state index in [1.54, 1.807) is 6.92 Å². The Morgan fingerprint density at radius 3 is 2.52 bits per heavy atom. The summed E-state index contributed by atoms with van der Waals surface area (Å²) in [5.74, 6) is -3.76. The molecular weight excluding hydrogens is 546 g/mol. The Morgan fingerprint density at radius 2 is 1.88 bits per heavy atom. The largest absolute Gasteiger partial charge is 0.507 e. The molecule has 2 aromatic rings. The molecular formula is C27H29NO11S. The number of phenols is 2. The van der Waals surface area contributed by atoms with Gasteiger partial charge in [-0.1, -0.05) is 24.9 Å². The number of benzene rings is 2. The number of aliphatic hydroxyl groups is 3. The van der Waals surface area contributed by atoms with E-state index >= 15 is 0 Å². The first-order valence-electron chi connectivity index (χ1n) is 12.6. The van der Waals surface area contributed by atoms with Crippen molar-refractivity contribution in [3.05, 3.63) is 51.6 Å². The SMILES string of the molecule is COc1cccc2c1C(=O)c1c(O)c3c(c(O)c1C2=O)C[C@@](O)(C(=O)CO)C[C@@H]3OC1C[C@H](NS)[C@H](O)[C@H](C)O1. The van der Waals surface area contributed by atoms with Gasteiger partial charge in [-0.2, -0.15) is 0 Å². The molecule has 0 saturated carbocycles. The maximum atomic E-state index is 13.7. The summed E-state index contributed by atoms with van der Waals surface area (Å²) in [6.45, 7) is 0.586. The summed E-state index contributed by atoms with van der Waals surface area (Å²) in [5, 5.41) is 54.1. The van der Waals surface area contributed by atoms with Crippen molar-refractivity contribution in [2.24, 2.45) is 0 Å². The van der Waals surface area contributed by atoms with Crippen molar-refractivity contribution >= 4 is 30.2 Å². The summed E-state index contributed by atoms with van der Waals surface area (Å²) in [5.41, 5.74) is -3.61. The number of methoxy groups -OCH3 is 1.